The van der Waals surface area contributed by atoms with Crippen molar-refractivity contribution in [3.05, 3.63) is 159 Å². The van der Waals surface area contributed by atoms with Crippen molar-refractivity contribution in [2.45, 2.75) is 61.3 Å². The highest BCUT2D eigenvalue weighted by Crippen LogP contribution is 1.98. The van der Waals surface area contributed by atoms with Gasteiger partial charge in [0.05, 0.1) is 28.4 Å². The molecule has 0 spiro atoms. The number of rotatable bonds is 10. The molecule has 0 fully saturated rings. The van der Waals surface area contributed by atoms with E-state index in [2.05, 4.69) is 109 Å². The van der Waals surface area contributed by atoms with Gasteiger partial charge in [-0.1, -0.05) is 166 Å². The number of carbonyl (C=O) groups is 6. The van der Waals surface area contributed by atoms with E-state index in [-0.39, 0.29) is 11.9 Å². The lowest BCUT2D eigenvalue weighted by Crippen LogP contribution is -2.04. The smallest absolute Gasteiger partial charge is 0.335 e. The van der Waals surface area contributed by atoms with Crippen molar-refractivity contribution in [2.75, 3.05) is 42.0 Å². The van der Waals surface area contributed by atoms with Crippen LogP contribution in [-0.4, -0.2) is 88.1 Å². The molecule has 0 radical (unpaired) electrons. The minimum atomic E-state index is -0.609. The Labute approximate surface area is 377 Å². The molecule has 14 nitrogen and oxygen atoms in total. The highest BCUT2D eigenvalue weighted by atomic mass is 16.6. The molecule has 0 aliphatic heterocycles. The standard InChI is InChI=1S/2C8H8.C5H8O3.2C5H8O2.C4H6O3.2C4H6O2.2C3H8/c2*1-2-8-6-4-3-5-7-8;1-4(2)5(7)8-3-6;2*1-4(2)5(6)7-3;1-2-4(6)7-3-5;2*1-3-4(5)6-2;2*1-3-2/h2*2-7H,1H2;6H,1,3H2,2H3;2*1H2,2-3H3;2,5H,1,3H2;2*3H,1H2,2H3;2*3H2,1-2H3. The lowest BCUT2D eigenvalue weighted by atomic mass is 10.2. The van der Waals surface area contributed by atoms with Gasteiger partial charge in [0.15, 0.2) is 13.6 Å². The minimum Gasteiger partial charge on any atom is -0.466 e. The summed E-state index contributed by atoms with van der Waals surface area (Å²) in [6.07, 6.45) is 9.37. The van der Waals surface area contributed by atoms with Crippen molar-refractivity contribution in [3.8, 4) is 0 Å². The van der Waals surface area contributed by atoms with Crippen LogP contribution in [0.3, 0.4) is 0 Å². The Hall–Kier alpha value is -6.90. The normalized spacial score (nSPS) is 7.63. The van der Waals surface area contributed by atoms with Crippen molar-refractivity contribution in [2.24, 2.45) is 0 Å². The van der Waals surface area contributed by atoms with E-state index in [1.807, 2.05) is 72.8 Å². The Morgan fingerprint density at radius 3 is 0.794 bits per heavy atom. The molecule has 0 aliphatic rings. The Morgan fingerprint density at radius 1 is 0.460 bits per heavy atom. The molecule has 0 aliphatic carbocycles. The van der Waals surface area contributed by atoms with E-state index in [1.54, 1.807) is 13.8 Å². The number of ether oxygens (including phenoxy) is 6. The molecule has 0 heterocycles. The lowest BCUT2D eigenvalue weighted by molar-refractivity contribution is -0.147. The average molecular weight is 887 g/mol. The molecule has 2 rings (SSSR count). The van der Waals surface area contributed by atoms with E-state index in [0.29, 0.717) is 16.7 Å². The molecule has 2 N–H and O–H groups in total. The van der Waals surface area contributed by atoms with E-state index < -0.39 is 37.5 Å². The molecule has 0 unspecified atom stereocenters. The molecule has 63 heavy (non-hydrogen) atoms. The maximum Gasteiger partial charge on any atom is 0.335 e. The fourth-order valence-corrected chi connectivity index (χ4v) is 2.00. The molecule has 14 heteroatoms. The summed E-state index contributed by atoms with van der Waals surface area (Å²) in [6, 6.07) is 20.1. The molecule has 0 bridgehead atoms. The maximum atomic E-state index is 10.3. The van der Waals surface area contributed by atoms with Crippen molar-refractivity contribution in [1.29, 1.82) is 0 Å². The fraction of sp³-hybridized carbons (Fsp3) is 0.306. The Bertz CT molecular complexity index is 1450. The second-order valence-corrected chi connectivity index (χ2v) is 10.8. The molecule has 0 atom stereocenters. The molecule has 2 aromatic carbocycles. The van der Waals surface area contributed by atoms with E-state index >= 15 is 0 Å². The van der Waals surface area contributed by atoms with E-state index in [4.69, 9.17) is 10.2 Å². The summed E-state index contributed by atoms with van der Waals surface area (Å²) in [5.74, 6) is -2.65. The van der Waals surface area contributed by atoms with Crippen LogP contribution < -0.4 is 0 Å². The third kappa shape index (κ3) is 76.4. The SMILES string of the molecule is C=C(C)C(=O)OC.C=C(C)C(=O)OC.C=C(C)C(=O)OCO.C=CC(=O)OC.C=CC(=O)OC.C=CC(=O)OCO.C=Cc1ccccc1.C=Cc1ccccc1.CCC.CCC. The van der Waals surface area contributed by atoms with Gasteiger partial charge < -0.3 is 38.6 Å². The van der Waals surface area contributed by atoms with Crippen LogP contribution in [-0.2, 0) is 57.2 Å². The summed E-state index contributed by atoms with van der Waals surface area (Å²) in [7, 11) is 5.28. The van der Waals surface area contributed by atoms with Gasteiger partial charge in [0.25, 0.3) is 0 Å². The van der Waals surface area contributed by atoms with Gasteiger partial charge in [-0.3, -0.25) is 0 Å². The number of esters is 6. The topological polar surface area (TPSA) is 198 Å². The molecule has 0 aromatic heterocycles. The molecular weight excluding hydrogens is 813 g/mol. The number of aliphatic hydroxyl groups excluding tert-OH is 2. The third-order valence-corrected chi connectivity index (χ3v) is 4.79. The highest BCUT2D eigenvalue weighted by Gasteiger charge is 1.99. The Morgan fingerprint density at radius 2 is 0.714 bits per heavy atom. The van der Waals surface area contributed by atoms with Gasteiger partial charge in [-0.15, -0.1) is 0 Å². The summed E-state index contributed by atoms with van der Waals surface area (Å²) >= 11 is 0. The quantitative estimate of drug-likeness (QED) is 0.0990. The number of benzene rings is 2. The van der Waals surface area contributed by atoms with Gasteiger partial charge in [0.1, 0.15) is 0 Å². The zero-order valence-corrected chi connectivity index (χ0v) is 39.4. The minimum absolute atomic E-state index is 0.291. The summed E-state index contributed by atoms with van der Waals surface area (Å²) in [6.45, 7) is 38.7. The third-order valence-electron chi connectivity index (χ3n) is 4.79. The highest BCUT2D eigenvalue weighted by molar-refractivity contribution is 5.87. The Kier molecular flexibility index (Phi) is 72.2. The molecule has 0 saturated carbocycles. The second kappa shape index (κ2) is 61.8. The van der Waals surface area contributed by atoms with Crippen LogP contribution >= 0.6 is 0 Å². The summed E-state index contributed by atoms with van der Waals surface area (Å²) in [4.78, 5) is 60.2. The number of hydrogen-bond acceptors (Lipinski definition) is 14. The molecule has 2 aromatic rings. The van der Waals surface area contributed by atoms with Crippen LogP contribution in [0.2, 0.25) is 0 Å². The van der Waals surface area contributed by atoms with E-state index in [9.17, 15) is 28.8 Å². The van der Waals surface area contributed by atoms with E-state index in [1.165, 1.54) is 59.3 Å². The summed E-state index contributed by atoms with van der Waals surface area (Å²) in [5, 5.41) is 15.9. The van der Waals surface area contributed by atoms with Crippen molar-refractivity contribution in [1.82, 2.24) is 0 Å². The largest absolute Gasteiger partial charge is 0.466 e. The van der Waals surface area contributed by atoms with Crippen molar-refractivity contribution < 1.29 is 67.4 Å². The summed E-state index contributed by atoms with van der Waals surface area (Å²) in [5.41, 5.74) is 3.50. The van der Waals surface area contributed by atoms with Crippen LogP contribution in [0.5, 0.6) is 0 Å². The first-order valence-corrected chi connectivity index (χ1v) is 18.7. The van der Waals surface area contributed by atoms with Gasteiger partial charge >= 0.3 is 35.8 Å². The van der Waals surface area contributed by atoms with Gasteiger partial charge in [-0.2, -0.15) is 0 Å². The molecule has 354 valence electrons. The zero-order valence-electron chi connectivity index (χ0n) is 39.4. The van der Waals surface area contributed by atoms with Gasteiger partial charge in [-0.05, 0) is 31.9 Å². The van der Waals surface area contributed by atoms with Gasteiger partial charge in [0, 0.05) is 34.9 Å². The first-order chi connectivity index (χ1) is 29.7. The van der Waals surface area contributed by atoms with Crippen LogP contribution in [0.25, 0.3) is 12.2 Å². The van der Waals surface area contributed by atoms with Crippen LogP contribution in [0.15, 0.2) is 148 Å². The monoisotopic (exact) mass is 887 g/mol. The number of aliphatic hydroxyl groups is 2. The predicted molar refractivity (Wildman–Crippen MR) is 254 cm³/mol. The van der Waals surface area contributed by atoms with Gasteiger partial charge in [-0.25, -0.2) is 28.8 Å². The summed E-state index contributed by atoms with van der Waals surface area (Å²) < 4.78 is 24.9. The average Bonchev–Trinajstić information content (AvgIpc) is 3.30. The fourth-order valence-electron chi connectivity index (χ4n) is 2.00. The Balaban J connectivity index is -0.0000000900. The van der Waals surface area contributed by atoms with Crippen LogP contribution in [0.4, 0.5) is 0 Å². The molecule has 0 amide bonds. The van der Waals surface area contributed by atoms with Crippen LogP contribution in [0.1, 0.15) is 72.4 Å². The number of carbonyl (C=O) groups excluding carboxylic acids is 6. The predicted octanol–water partition coefficient (Wildman–Crippen LogP) is 9.37. The van der Waals surface area contributed by atoms with E-state index in [0.717, 1.165) is 18.2 Å². The molecular formula is C49H74O14. The van der Waals surface area contributed by atoms with Crippen molar-refractivity contribution in [3.63, 3.8) is 0 Å². The van der Waals surface area contributed by atoms with Crippen molar-refractivity contribution >= 4 is 48.0 Å². The lowest BCUT2D eigenvalue weighted by Gasteiger charge is -1.95. The number of methoxy groups -OCH3 is 4. The number of hydrogen-bond donors (Lipinski definition) is 2. The van der Waals surface area contributed by atoms with Gasteiger partial charge in [0.2, 0.25) is 0 Å². The first-order valence-electron chi connectivity index (χ1n) is 18.7. The second-order valence-electron chi connectivity index (χ2n) is 10.8. The molecule has 0 saturated heterocycles. The zero-order chi connectivity index (χ0) is 51.0. The maximum absolute atomic E-state index is 10.3. The first kappa shape index (κ1) is 73.6. The van der Waals surface area contributed by atoms with Crippen LogP contribution in [0, 0.1) is 0 Å².